The van der Waals surface area contributed by atoms with Crippen LogP contribution in [0, 0.1) is 6.92 Å². The number of para-hydroxylation sites is 2. The number of carbonyl (C=O) groups excluding carboxylic acids is 1. The van der Waals surface area contributed by atoms with Crippen LogP contribution >= 0.6 is 22.7 Å². The summed E-state index contributed by atoms with van der Waals surface area (Å²) >= 11 is 3.05. The number of aryl methyl sites for hydroxylation is 1. The van der Waals surface area contributed by atoms with E-state index >= 15 is 0 Å². The monoisotopic (exact) mass is 439 g/mol. The first-order valence-electron chi connectivity index (χ1n) is 10.1. The van der Waals surface area contributed by atoms with Crippen molar-refractivity contribution in [1.29, 1.82) is 0 Å². The minimum Gasteiger partial charge on any atom is -0.309 e. The zero-order valence-electron chi connectivity index (χ0n) is 17.4. The van der Waals surface area contributed by atoms with Crippen LogP contribution in [0.2, 0.25) is 0 Å². The van der Waals surface area contributed by atoms with E-state index in [9.17, 15) is 4.79 Å². The molecule has 4 aromatic rings. The molecule has 0 unspecified atom stereocenters. The van der Waals surface area contributed by atoms with Crippen molar-refractivity contribution in [3.05, 3.63) is 52.3 Å². The molecule has 0 saturated carbocycles. The lowest BCUT2D eigenvalue weighted by atomic mass is 10.3. The minimum atomic E-state index is -0.160. The van der Waals surface area contributed by atoms with Gasteiger partial charge in [0.25, 0.3) is 5.91 Å². The molecule has 1 aromatic carbocycles. The first-order valence-corrected chi connectivity index (χ1v) is 11.8. The standard InChI is InChI=1S/C22H25N5OS2/c1-4-26(5-2)12-13-27-17-10-7-6-9-16(17)24-22(27)25-20(28)19-15(3)23-21(30-19)18-11-8-14-29-18/h6-11,14H,4-5,12-13H2,1-3H3,(H,24,25,28). The Morgan fingerprint density at radius 1 is 1.13 bits per heavy atom. The van der Waals surface area contributed by atoms with Gasteiger partial charge in [-0.05, 0) is 43.6 Å². The molecule has 0 aliphatic rings. The van der Waals surface area contributed by atoms with Crippen molar-refractivity contribution in [3.63, 3.8) is 0 Å². The molecule has 1 N–H and O–H groups in total. The van der Waals surface area contributed by atoms with Crippen molar-refractivity contribution >= 4 is 45.6 Å². The zero-order chi connectivity index (χ0) is 21.1. The highest BCUT2D eigenvalue weighted by molar-refractivity contribution is 7.22. The van der Waals surface area contributed by atoms with Crippen molar-refractivity contribution in [2.24, 2.45) is 0 Å². The predicted octanol–water partition coefficient (Wildman–Crippen LogP) is 5.12. The number of rotatable bonds is 8. The van der Waals surface area contributed by atoms with Crippen LogP contribution in [0.1, 0.15) is 29.2 Å². The Kier molecular flexibility index (Phi) is 6.26. The average Bonchev–Trinajstić information content (AvgIpc) is 3.47. The number of likely N-dealkylation sites (N-methyl/N-ethyl adjacent to an activating group) is 1. The maximum atomic E-state index is 13.1. The number of thiazole rings is 1. The van der Waals surface area contributed by atoms with Crippen LogP contribution in [0.3, 0.4) is 0 Å². The van der Waals surface area contributed by atoms with Gasteiger partial charge < -0.3 is 9.47 Å². The van der Waals surface area contributed by atoms with Crippen molar-refractivity contribution < 1.29 is 4.79 Å². The third-order valence-electron chi connectivity index (χ3n) is 5.15. The quantitative estimate of drug-likeness (QED) is 0.414. The molecule has 6 nitrogen and oxygen atoms in total. The molecule has 1 amide bonds. The van der Waals surface area contributed by atoms with Crippen LogP contribution in [-0.2, 0) is 6.54 Å². The van der Waals surface area contributed by atoms with Crippen LogP contribution < -0.4 is 5.32 Å². The number of nitrogens with zero attached hydrogens (tertiary/aromatic N) is 4. The molecule has 30 heavy (non-hydrogen) atoms. The molecule has 8 heteroatoms. The van der Waals surface area contributed by atoms with Crippen molar-refractivity contribution in [2.75, 3.05) is 25.0 Å². The molecule has 0 atom stereocenters. The Labute approximate surface area is 184 Å². The molecule has 3 aromatic heterocycles. The Hall–Kier alpha value is -2.55. The van der Waals surface area contributed by atoms with Gasteiger partial charge in [0.2, 0.25) is 5.95 Å². The molecule has 0 aliphatic carbocycles. The summed E-state index contributed by atoms with van der Waals surface area (Å²) in [6, 6.07) is 12.0. The van der Waals surface area contributed by atoms with E-state index in [2.05, 4.69) is 33.6 Å². The van der Waals surface area contributed by atoms with Crippen molar-refractivity contribution in [3.8, 4) is 9.88 Å². The number of aromatic nitrogens is 3. The fraction of sp³-hybridized carbons (Fsp3) is 0.318. The molecule has 0 fully saturated rings. The van der Waals surface area contributed by atoms with E-state index in [-0.39, 0.29) is 5.91 Å². The van der Waals surface area contributed by atoms with Crippen LogP contribution in [0.25, 0.3) is 20.9 Å². The summed E-state index contributed by atoms with van der Waals surface area (Å²) in [7, 11) is 0. The number of anilines is 1. The fourth-order valence-electron chi connectivity index (χ4n) is 3.45. The first kappa shape index (κ1) is 20.7. The van der Waals surface area contributed by atoms with Gasteiger partial charge in [0.1, 0.15) is 9.88 Å². The van der Waals surface area contributed by atoms with E-state index in [1.807, 2.05) is 48.7 Å². The largest absolute Gasteiger partial charge is 0.309 e. The van der Waals surface area contributed by atoms with Crippen LogP contribution in [0.15, 0.2) is 41.8 Å². The molecule has 0 spiro atoms. The first-order chi connectivity index (χ1) is 14.6. The third kappa shape index (κ3) is 4.16. The lowest BCUT2D eigenvalue weighted by Gasteiger charge is -2.19. The third-order valence-corrected chi connectivity index (χ3v) is 7.34. The number of imidazole rings is 1. The molecule has 0 saturated heterocycles. The second-order valence-electron chi connectivity index (χ2n) is 6.97. The molecular weight excluding hydrogens is 414 g/mol. The second-order valence-corrected chi connectivity index (χ2v) is 8.91. The number of benzene rings is 1. The molecule has 0 aliphatic heterocycles. The molecule has 4 rings (SSSR count). The molecular formula is C22H25N5OS2. The van der Waals surface area contributed by atoms with Gasteiger partial charge in [0.15, 0.2) is 0 Å². The van der Waals surface area contributed by atoms with E-state index < -0.39 is 0 Å². The summed E-state index contributed by atoms with van der Waals surface area (Å²) in [5, 5.41) is 5.94. The smallest absolute Gasteiger partial charge is 0.269 e. The van der Waals surface area contributed by atoms with Crippen LogP contribution in [0.5, 0.6) is 0 Å². The second kappa shape index (κ2) is 9.07. The Morgan fingerprint density at radius 3 is 2.67 bits per heavy atom. The number of carbonyl (C=O) groups is 1. The van der Waals surface area contributed by atoms with Gasteiger partial charge in [-0.2, -0.15) is 0 Å². The SMILES string of the molecule is CCN(CC)CCn1c(NC(=O)c2sc(-c3cccs3)nc2C)nc2ccccc21. The number of thiophene rings is 1. The Balaban J connectivity index is 1.62. The zero-order valence-corrected chi connectivity index (χ0v) is 19.0. The average molecular weight is 440 g/mol. The Morgan fingerprint density at radius 2 is 1.93 bits per heavy atom. The maximum absolute atomic E-state index is 13.1. The van der Waals surface area contributed by atoms with Crippen molar-refractivity contribution in [1.82, 2.24) is 19.4 Å². The normalized spacial score (nSPS) is 11.5. The van der Waals surface area contributed by atoms with Crippen LogP contribution in [-0.4, -0.2) is 45.0 Å². The number of nitrogens with one attached hydrogen (secondary N) is 1. The topological polar surface area (TPSA) is 63.0 Å². The predicted molar refractivity (Wildman–Crippen MR) is 126 cm³/mol. The highest BCUT2D eigenvalue weighted by Gasteiger charge is 2.20. The summed E-state index contributed by atoms with van der Waals surface area (Å²) in [5.74, 6) is 0.422. The van der Waals surface area contributed by atoms with E-state index in [0.29, 0.717) is 10.8 Å². The van der Waals surface area contributed by atoms with Gasteiger partial charge >= 0.3 is 0 Å². The lowest BCUT2D eigenvalue weighted by Crippen LogP contribution is -2.27. The van der Waals surface area contributed by atoms with E-state index in [1.54, 1.807) is 11.3 Å². The van der Waals surface area contributed by atoms with Crippen LogP contribution in [0.4, 0.5) is 5.95 Å². The summed E-state index contributed by atoms with van der Waals surface area (Å²) < 4.78 is 2.10. The van der Waals surface area contributed by atoms with Gasteiger partial charge in [0, 0.05) is 13.1 Å². The molecule has 3 heterocycles. The number of amides is 1. The number of hydrogen-bond acceptors (Lipinski definition) is 6. The van der Waals surface area contributed by atoms with E-state index in [1.165, 1.54) is 11.3 Å². The fourth-order valence-corrected chi connectivity index (χ4v) is 5.21. The van der Waals surface area contributed by atoms with E-state index in [0.717, 1.165) is 52.8 Å². The molecule has 0 bridgehead atoms. The Bertz CT molecular complexity index is 1140. The summed E-state index contributed by atoms with van der Waals surface area (Å²) in [4.78, 5) is 26.5. The highest BCUT2D eigenvalue weighted by Crippen LogP contribution is 2.31. The minimum absolute atomic E-state index is 0.160. The van der Waals surface area contributed by atoms with Gasteiger partial charge in [-0.3, -0.25) is 10.1 Å². The van der Waals surface area contributed by atoms with E-state index in [4.69, 9.17) is 4.98 Å². The maximum Gasteiger partial charge on any atom is 0.269 e. The highest BCUT2D eigenvalue weighted by atomic mass is 32.1. The molecule has 0 radical (unpaired) electrons. The number of fused-ring (bicyclic) bond motifs is 1. The summed E-state index contributed by atoms with van der Waals surface area (Å²) in [6.07, 6.45) is 0. The van der Waals surface area contributed by atoms with Gasteiger partial charge in [-0.25, -0.2) is 9.97 Å². The lowest BCUT2D eigenvalue weighted by molar-refractivity contribution is 0.102. The summed E-state index contributed by atoms with van der Waals surface area (Å²) in [5.41, 5.74) is 2.65. The van der Waals surface area contributed by atoms with Gasteiger partial charge in [-0.1, -0.05) is 32.0 Å². The summed E-state index contributed by atoms with van der Waals surface area (Å²) in [6.45, 7) is 9.86. The van der Waals surface area contributed by atoms with Gasteiger partial charge in [-0.15, -0.1) is 22.7 Å². The molecule has 156 valence electrons. The van der Waals surface area contributed by atoms with Crippen molar-refractivity contribution in [2.45, 2.75) is 27.3 Å². The number of hydrogen-bond donors (Lipinski definition) is 1. The van der Waals surface area contributed by atoms with Gasteiger partial charge in [0.05, 0.1) is 21.6 Å².